The number of hydrogen-bond acceptors (Lipinski definition) is 5. The second-order valence-electron chi connectivity index (χ2n) is 7.59. The molecule has 154 valence electrons. The van der Waals surface area contributed by atoms with Gasteiger partial charge in [0.1, 0.15) is 5.75 Å². The Morgan fingerprint density at radius 3 is 2.47 bits per heavy atom. The smallest absolute Gasteiger partial charge is 0.291 e. The maximum absolute atomic E-state index is 12.8. The Labute approximate surface area is 179 Å². The van der Waals surface area contributed by atoms with Crippen LogP contribution in [-0.2, 0) is 0 Å². The number of hydrogen-bond donors (Lipinski definition) is 0. The van der Waals surface area contributed by atoms with E-state index in [1.807, 2.05) is 42.5 Å². The highest BCUT2D eigenvalue weighted by Gasteiger charge is 2.12. The molecule has 4 aromatic rings. The zero-order valence-electron chi connectivity index (χ0n) is 17.5. The van der Waals surface area contributed by atoms with E-state index in [9.17, 15) is 4.79 Å². The molecule has 0 atom stereocenters. The predicted molar refractivity (Wildman–Crippen MR) is 122 cm³/mol. The summed E-state index contributed by atoms with van der Waals surface area (Å²) in [6.07, 6.45) is 4.04. The van der Waals surface area contributed by atoms with Gasteiger partial charge in [-0.3, -0.25) is 4.79 Å². The Morgan fingerprint density at radius 1 is 1.10 bits per heavy atom. The number of fused-ring (bicyclic) bond motifs is 1. The van der Waals surface area contributed by atoms with E-state index in [0.717, 1.165) is 29.7 Å². The lowest BCUT2D eigenvalue weighted by Gasteiger charge is -2.05. The number of ether oxygens (including phenoxy) is 1. The van der Waals surface area contributed by atoms with Gasteiger partial charge in [-0.1, -0.05) is 62.8 Å². The predicted octanol–water partition coefficient (Wildman–Crippen LogP) is 4.67. The standard InChI is InChI=1S/C24H25N3O2S/c1-4-5-14-29-20-12-10-19(11-13-20)22-25-24-27(26-22)23(28)21(30-24)15-17-6-8-18(9-7-17)16(2)3/h6-13,15-16H,4-5,14H2,1-3H3. The van der Waals surface area contributed by atoms with Gasteiger partial charge in [0, 0.05) is 5.56 Å². The first-order chi connectivity index (χ1) is 14.5. The maximum atomic E-state index is 12.8. The first-order valence-electron chi connectivity index (χ1n) is 10.3. The zero-order chi connectivity index (χ0) is 21.1. The van der Waals surface area contributed by atoms with Crippen molar-refractivity contribution in [2.24, 2.45) is 0 Å². The fourth-order valence-electron chi connectivity index (χ4n) is 3.12. The molecule has 2 aromatic carbocycles. The highest BCUT2D eigenvalue weighted by molar-refractivity contribution is 7.15. The minimum atomic E-state index is -0.138. The summed E-state index contributed by atoms with van der Waals surface area (Å²) in [4.78, 5) is 17.9. The monoisotopic (exact) mass is 419 g/mol. The fourth-order valence-corrected chi connectivity index (χ4v) is 4.03. The molecule has 0 fully saturated rings. The second-order valence-corrected chi connectivity index (χ2v) is 8.60. The van der Waals surface area contributed by atoms with Crippen LogP contribution in [0.2, 0.25) is 0 Å². The van der Waals surface area contributed by atoms with Crippen LogP contribution in [0.5, 0.6) is 5.75 Å². The highest BCUT2D eigenvalue weighted by Crippen LogP contribution is 2.21. The highest BCUT2D eigenvalue weighted by atomic mass is 32.1. The molecule has 0 saturated heterocycles. The van der Waals surface area contributed by atoms with E-state index in [1.165, 1.54) is 21.4 Å². The molecule has 0 radical (unpaired) electrons. The van der Waals surface area contributed by atoms with E-state index in [-0.39, 0.29) is 5.56 Å². The summed E-state index contributed by atoms with van der Waals surface area (Å²) in [6.45, 7) is 7.18. The topological polar surface area (TPSA) is 56.5 Å². The molecular weight excluding hydrogens is 394 g/mol. The number of rotatable bonds is 7. The first kappa shape index (κ1) is 20.3. The average molecular weight is 420 g/mol. The SMILES string of the molecule is CCCCOc1ccc(-c2nc3sc(=Cc4ccc(C(C)C)cc4)c(=O)n3n2)cc1. The van der Waals surface area contributed by atoms with Gasteiger partial charge >= 0.3 is 0 Å². The molecule has 0 N–H and O–H groups in total. The lowest BCUT2D eigenvalue weighted by molar-refractivity contribution is 0.309. The summed E-state index contributed by atoms with van der Waals surface area (Å²) in [5, 5.41) is 4.43. The molecule has 30 heavy (non-hydrogen) atoms. The molecule has 2 aromatic heterocycles. The summed E-state index contributed by atoms with van der Waals surface area (Å²) in [7, 11) is 0. The van der Waals surface area contributed by atoms with Gasteiger partial charge in [-0.25, -0.2) is 0 Å². The summed E-state index contributed by atoms with van der Waals surface area (Å²) in [5.41, 5.74) is 3.01. The molecule has 5 nitrogen and oxygen atoms in total. The molecule has 0 aliphatic heterocycles. The largest absolute Gasteiger partial charge is 0.494 e. The van der Waals surface area contributed by atoms with Gasteiger partial charge in [-0.15, -0.1) is 5.10 Å². The third kappa shape index (κ3) is 4.28. The van der Waals surface area contributed by atoms with Crippen LogP contribution in [0.25, 0.3) is 22.4 Å². The number of thiazole rings is 1. The molecule has 0 aliphatic rings. The third-order valence-corrected chi connectivity index (χ3v) is 5.92. The number of nitrogens with zero attached hydrogens (tertiary/aromatic N) is 3. The van der Waals surface area contributed by atoms with Crippen LogP contribution in [0.15, 0.2) is 53.3 Å². The molecule has 2 heterocycles. The molecule has 6 heteroatoms. The lowest BCUT2D eigenvalue weighted by atomic mass is 10.0. The first-order valence-corrected chi connectivity index (χ1v) is 11.1. The van der Waals surface area contributed by atoms with Crippen LogP contribution in [0.3, 0.4) is 0 Å². The van der Waals surface area contributed by atoms with Gasteiger partial charge < -0.3 is 4.74 Å². The molecule has 0 aliphatic carbocycles. The van der Waals surface area contributed by atoms with Gasteiger partial charge in [0.25, 0.3) is 5.56 Å². The summed E-state index contributed by atoms with van der Waals surface area (Å²) >= 11 is 1.36. The van der Waals surface area contributed by atoms with Crippen LogP contribution in [-0.4, -0.2) is 21.2 Å². The fraction of sp³-hybridized carbons (Fsp3) is 0.292. The number of benzene rings is 2. The normalized spacial score (nSPS) is 12.2. The van der Waals surface area contributed by atoms with Crippen LogP contribution in [0.1, 0.15) is 50.7 Å². The Morgan fingerprint density at radius 2 is 1.83 bits per heavy atom. The lowest BCUT2D eigenvalue weighted by Crippen LogP contribution is -2.23. The molecule has 4 rings (SSSR count). The zero-order valence-corrected chi connectivity index (χ0v) is 18.3. The van der Waals surface area contributed by atoms with Crippen LogP contribution in [0, 0.1) is 0 Å². The van der Waals surface area contributed by atoms with Crippen molar-refractivity contribution in [2.45, 2.75) is 39.5 Å². The van der Waals surface area contributed by atoms with Crippen molar-refractivity contribution in [1.82, 2.24) is 14.6 Å². The van der Waals surface area contributed by atoms with Crippen molar-refractivity contribution in [3.63, 3.8) is 0 Å². The number of unbranched alkanes of at least 4 members (excludes halogenated alkanes) is 1. The third-order valence-electron chi connectivity index (χ3n) is 4.96. The van der Waals surface area contributed by atoms with Crippen molar-refractivity contribution >= 4 is 22.4 Å². The van der Waals surface area contributed by atoms with Crippen LogP contribution >= 0.6 is 11.3 Å². The Kier molecular flexibility index (Phi) is 5.95. The molecule has 0 saturated carbocycles. The molecule has 0 bridgehead atoms. The van der Waals surface area contributed by atoms with Crippen molar-refractivity contribution in [3.8, 4) is 17.1 Å². The average Bonchev–Trinajstić information content (AvgIpc) is 3.29. The van der Waals surface area contributed by atoms with Crippen LogP contribution < -0.4 is 14.8 Å². The van der Waals surface area contributed by atoms with E-state index in [4.69, 9.17) is 4.74 Å². The Hall–Kier alpha value is -2.99. The van der Waals surface area contributed by atoms with Gasteiger partial charge in [-0.05, 0) is 53.8 Å². The van der Waals surface area contributed by atoms with Gasteiger partial charge in [-0.2, -0.15) is 9.50 Å². The molecule has 0 amide bonds. The van der Waals surface area contributed by atoms with E-state index in [0.29, 0.717) is 27.8 Å². The Balaban J connectivity index is 1.58. The second kappa shape index (κ2) is 8.79. The van der Waals surface area contributed by atoms with Crippen LogP contribution in [0.4, 0.5) is 0 Å². The minimum Gasteiger partial charge on any atom is -0.494 e. The summed E-state index contributed by atoms with van der Waals surface area (Å²) in [5.74, 6) is 1.86. The van der Waals surface area contributed by atoms with E-state index in [1.54, 1.807) is 0 Å². The Bertz CT molecular complexity index is 1240. The minimum absolute atomic E-state index is 0.138. The van der Waals surface area contributed by atoms with Gasteiger partial charge in [0.15, 0.2) is 5.82 Å². The van der Waals surface area contributed by atoms with Crippen molar-refractivity contribution in [2.75, 3.05) is 6.61 Å². The molecular formula is C24H25N3O2S. The van der Waals surface area contributed by atoms with Crippen molar-refractivity contribution in [3.05, 3.63) is 74.5 Å². The van der Waals surface area contributed by atoms with Gasteiger partial charge in [0.05, 0.1) is 11.1 Å². The van der Waals surface area contributed by atoms with Crippen molar-refractivity contribution in [1.29, 1.82) is 0 Å². The number of aromatic nitrogens is 3. The summed E-state index contributed by atoms with van der Waals surface area (Å²) < 4.78 is 7.72. The van der Waals surface area contributed by atoms with E-state index >= 15 is 0 Å². The summed E-state index contributed by atoms with van der Waals surface area (Å²) in [6, 6.07) is 16.0. The van der Waals surface area contributed by atoms with E-state index < -0.39 is 0 Å². The maximum Gasteiger partial charge on any atom is 0.291 e. The molecule has 0 spiro atoms. The van der Waals surface area contributed by atoms with Gasteiger partial charge in [0.2, 0.25) is 4.96 Å². The molecule has 0 unspecified atom stereocenters. The van der Waals surface area contributed by atoms with Crippen molar-refractivity contribution < 1.29 is 4.74 Å². The quantitative estimate of drug-likeness (QED) is 0.409. The van der Waals surface area contributed by atoms with E-state index in [2.05, 4.69) is 43.0 Å².